The summed E-state index contributed by atoms with van der Waals surface area (Å²) >= 11 is 0. The van der Waals surface area contributed by atoms with Crippen LogP contribution in [0.3, 0.4) is 0 Å². The number of aliphatic hydroxyl groups is 1. The van der Waals surface area contributed by atoms with E-state index in [9.17, 15) is 29.1 Å². The lowest BCUT2D eigenvalue weighted by Crippen LogP contribution is -2.63. The third-order valence-electron chi connectivity index (χ3n) is 9.52. The molecule has 282 valence electrons. The van der Waals surface area contributed by atoms with E-state index in [1.807, 2.05) is 38.1 Å². The molecule has 5 amide bonds. The molecule has 1 fully saturated rings. The van der Waals surface area contributed by atoms with Crippen LogP contribution in [0.15, 0.2) is 72.8 Å². The number of ether oxygens (including phenoxy) is 3. The maximum atomic E-state index is 14.4. The molecule has 3 aromatic carbocycles. The van der Waals surface area contributed by atoms with Gasteiger partial charge in [0.05, 0.1) is 13.2 Å². The first-order valence-corrected chi connectivity index (χ1v) is 17.7. The van der Waals surface area contributed by atoms with Crippen LogP contribution in [0.25, 0.3) is 0 Å². The molecule has 0 aromatic heterocycles. The highest BCUT2D eigenvalue weighted by Crippen LogP contribution is 2.31. The molecule has 5 N–H and O–H groups in total. The number of hydrogen-bond donors (Lipinski definition) is 5. The van der Waals surface area contributed by atoms with Crippen molar-refractivity contribution in [1.29, 1.82) is 0 Å². The zero-order valence-electron chi connectivity index (χ0n) is 30.2. The van der Waals surface area contributed by atoms with Crippen LogP contribution in [-0.4, -0.2) is 103 Å². The van der Waals surface area contributed by atoms with Crippen molar-refractivity contribution in [3.8, 4) is 17.2 Å². The fourth-order valence-corrected chi connectivity index (χ4v) is 6.12. The van der Waals surface area contributed by atoms with Crippen LogP contribution in [-0.2, 0) is 30.4 Å². The smallest absolute Gasteiger partial charge is 0.265 e. The van der Waals surface area contributed by atoms with E-state index in [1.54, 1.807) is 53.4 Å². The first-order valence-electron chi connectivity index (χ1n) is 17.7. The van der Waals surface area contributed by atoms with Crippen LogP contribution in [0, 0.1) is 13.8 Å². The minimum atomic E-state index is -1.49. The normalized spacial score (nSPS) is 21.3. The van der Waals surface area contributed by atoms with E-state index in [1.165, 1.54) is 6.92 Å². The lowest BCUT2D eigenvalue weighted by molar-refractivity contribution is -0.148. The molecule has 0 unspecified atom stereocenters. The average Bonchev–Trinajstić information content (AvgIpc) is 3.16. The summed E-state index contributed by atoms with van der Waals surface area (Å²) in [5.74, 6) is -1.33. The predicted octanol–water partition coefficient (Wildman–Crippen LogP) is 1.34. The largest absolute Gasteiger partial charge is 0.492 e. The monoisotopic (exact) mass is 729 g/mol. The van der Waals surface area contributed by atoms with Crippen LogP contribution in [0.2, 0.25) is 0 Å². The van der Waals surface area contributed by atoms with Gasteiger partial charge < -0.3 is 45.5 Å². The Labute approximate surface area is 308 Å². The summed E-state index contributed by atoms with van der Waals surface area (Å²) in [6.07, 6.45) is 0.260. The number of carbonyl (C=O) groups is 5. The standard InChI is InChI=1S/C39H47N5O9/c1-25-8-7-11-33(26(25)2)52-24-34(46)44-19-16-39(17-20-44)38(50)43-31(22-28-9-5-4-6-10-28)36(48)42-32(23-45)37(49)41-27(3)35(47)40-18-21-51-29-12-14-30(53-39)15-13-29/h4-15,27,31-32,45H,16-24H2,1-3H3,(H,40,47)(H,41,49)(H,42,48)(H,43,50)/t27-,31+,32-/m0/s1. The molecule has 3 atom stereocenters. The summed E-state index contributed by atoms with van der Waals surface area (Å²) in [5.41, 5.74) is 1.24. The Morgan fingerprint density at radius 1 is 0.849 bits per heavy atom. The highest BCUT2D eigenvalue weighted by molar-refractivity contribution is 5.95. The second-order valence-electron chi connectivity index (χ2n) is 13.3. The Bertz CT molecular complexity index is 1760. The number of amides is 5. The van der Waals surface area contributed by atoms with Gasteiger partial charge in [-0.05, 0) is 67.8 Å². The number of nitrogens with one attached hydrogen (secondary N) is 4. The fraction of sp³-hybridized carbons (Fsp3) is 0.410. The van der Waals surface area contributed by atoms with Crippen LogP contribution in [0.4, 0.5) is 0 Å². The molecule has 6 rings (SSSR count). The zero-order chi connectivity index (χ0) is 38.0. The molecule has 3 heterocycles. The van der Waals surface area contributed by atoms with Crippen LogP contribution < -0.4 is 35.5 Å². The lowest BCUT2D eigenvalue weighted by atomic mass is 9.89. The van der Waals surface area contributed by atoms with Crippen molar-refractivity contribution in [2.24, 2.45) is 0 Å². The van der Waals surface area contributed by atoms with Gasteiger partial charge in [-0.2, -0.15) is 0 Å². The molecule has 3 aromatic rings. The van der Waals surface area contributed by atoms with E-state index in [4.69, 9.17) is 14.2 Å². The molecule has 53 heavy (non-hydrogen) atoms. The van der Waals surface area contributed by atoms with Gasteiger partial charge in [-0.1, -0.05) is 42.5 Å². The summed E-state index contributed by atoms with van der Waals surface area (Å²) in [6.45, 7) is 5.08. The second kappa shape index (κ2) is 17.7. The average molecular weight is 730 g/mol. The lowest BCUT2D eigenvalue weighted by Gasteiger charge is -2.41. The Kier molecular flexibility index (Phi) is 12.9. The van der Waals surface area contributed by atoms with E-state index in [2.05, 4.69) is 21.3 Å². The summed E-state index contributed by atoms with van der Waals surface area (Å²) in [5, 5.41) is 20.7. The molecule has 0 aliphatic carbocycles. The van der Waals surface area contributed by atoms with Gasteiger partial charge in [0.2, 0.25) is 17.7 Å². The number of fused-ring (bicyclic) bond motifs is 15. The molecule has 3 aliphatic heterocycles. The molecule has 0 radical (unpaired) electrons. The number of piperidine rings is 1. The molecule has 14 nitrogen and oxygen atoms in total. The van der Waals surface area contributed by atoms with Crippen molar-refractivity contribution in [3.63, 3.8) is 0 Å². The molecule has 14 heteroatoms. The number of aryl methyl sites for hydroxylation is 1. The predicted molar refractivity (Wildman–Crippen MR) is 194 cm³/mol. The third kappa shape index (κ3) is 10.0. The van der Waals surface area contributed by atoms with E-state index < -0.39 is 54.0 Å². The number of nitrogens with zero attached hydrogens (tertiary/aromatic N) is 1. The maximum Gasteiger partial charge on any atom is 0.265 e. The highest BCUT2D eigenvalue weighted by atomic mass is 16.5. The molecular weight excluding hydrogens is 682 g/mol. The second-order valence-corrected chi connectivity index (χ2v) is 13.3. The molecule has 1 saturated heterocycles. The van der Waals surface area contributed by atoms with Gasteiger partial charge in [0, 0.05) is 32.4 Å². The number of rotatable bonds is 6. The van der Waals surface area contributed by atoms with Gasteiger partial charge in [0.25, 0.3) is 11.8 Å². The van der Waals surface area contributed by atoms with Crippen molar-refractivity contribution in [1.82, 2.24) is 26.2 Å². The van der Waals surface area contributed by atoms with Crippen molar-refractivity contribution in [2.45, 2.75) is 63.8 Å². The number of benzene rings is 3. The fourth-order valence-electron chi connectivity index (χ4n) is 6.12. The summed E-state index contributed by atoms with van der Waals surface area (Å²) in [4.78, 5) is 68.8. The van der Waals surface area contributed by atoms with Crippen molar-refractivity contribution < 1.29 is 43.3 Å². The van der Waals surface area contributed by atoms with E-state index in [0.717, 1.165) is 16.7 Å². The minimum absolute atomic E-state index is 0.0550. The molecule has 2 bridgehead atoms. The van der Waals surface area contributed by atoms with Gasteiger partial charge >= 0.3 is 0 Å². The molecule has 1 spiro atoms. The van der Waals surface area contributed by atoms with Crippen molar-refractivity contribution in [2.75, 3.05) is 39.5 Å². The van der Waals surface area contributed by atoms with Gasteiger partial charge in [0.15, 0.2) is 12.2 Å². The van der Waals surface area contributed by atoms with Crippen LogP contribution in [0.1, 0.15) is 36.5 Å². The Hall–Kier alpha value is -5.63. The number of hydrogen-bond acceptors (Lipinski definition) is 9. The molecule has 3 aliphatic rings. The summed E-state index contributed by atoms with van der Waals surface area (Å²) in [7, 11) is 0. The van der Waals surface area contributed by atoms with Crippen molar-refractivity contribution >= 4 is 29.5 Å². The Morgan fingerprint density at radius 3 is 2.23 bits per heavy atom. The molecular formula is C39H47N5O9. The van der Waals surface area contributed by atoms with Gasteiger partial charge in [-0.25, -0.2) is 0 Å². The van der Waals surface area contributed by atoms with E-state index >= 15 is 0 Å². The molecule has 0 saturated carbocycles. The maximum absolute atomic E-state index is 14.4. The SMILES string of the molecule is Cc1cccc(OCC(=O)N2CCC3(CC2)Oc2ccc(cc2)OCCNC(=O)[C@H](C)NC(=O)[C@H](CO)NC(=O)[C@@H](Cc2ccccc2)NC3=O)c1C. The highest BCUT2D eigenvalue weighted by Gasteiger charge is 2.46. The first-order chi connectivity index (χ1) is 25.5. The van der Waals surface area contributed by atoms with Gasteiger partial charge in [0.1, 0.15) is 42.0 Å². The van der Waals surface area contributed by atoms with Crippen LogP contribution >= 0.6 is 0 Å². The third-order valence-corrected chi connectivity index (χ3v) is 9.52. The van der Waals surface area contributed by atoms with E-state index in [0.29, 0.717) is 17.2 Å². The van der Waals surface area contributed by atoms with Crippen LogP contribution in [0.5, 0.6) is 17.2 Å². The Balaban J connectivity index is 1.40. The first kappa shape index (κ1) is 38.6. The summed E-state index contributed by atoms with van der Waals surface area (Å²) in [6, 6.07) is 17.8. The van der Waals surface area contributed by atoms with Gasteiger partial charge in [-0.15, -0.1) is 0 Å². The number of likely N-dealkylation sites (tertiary alicyclic amines) is 1. The summed E-state index contributed by atoms with van der Waals surface area (Å²) < 4.78 is 18.1. The zero-order valence-corrected chi connectivity index (χ0v) is 30.2. The quantitative estimate of drug-likeness (QED) is 0.234. The van der Waals surface area contributed by atoms with Crippen molar-refractivity contribution in [3.05, 3.63) is 89.5 Å². The van der Waals surface area contributed by atoms with Gasteiger partial charge in [-0.3, -0.25) is 24.0 Å². The number of carbonyl (C=O) groups excluding carboxylic acids is 5. The Morgan fingerprint density at radius 2 is 1.53 bits per heavy atom. The van der Waals surface area contributed by atoms with E-state index in [-0.39, 0.29) is 58.0 Å². The topological polar surface area (TPSA) is 185 Å². The minimum Gasteiger partial charge on any atom is -0.492 e. The number of aliphatic hydroxyl groups excluding tert-OH is 1.